The predicted octanol–water partition coefficient (Wildman–Crippen LogP) is 2.85. The van der Waals surface area contributed by atoms with Crippen LogP contribution in [-0.2, 0) is 0 Å². The molecule has 0 amide bonds. The molecule has 0 radical (unpaired) electrons. The molecule has 140 valence electrons. The summed E-state index contributed by atoms with van der Waals surface area (Å²) in [7, 11) is 0. The zero-order chi connectivity index (χ0) is 19.7. The van der Waals surface area contributed by atoms with Crippen molar-refractivity contribution in [3.63, 3.8) is 0 Å². The van der Waals surface area contributed by atoms with Crippen LogP contribution in [0.25, 0.3) is 0 Å². The second-order valence-corrected chi connectivity index (χ2v) is 8.06. The fourth-order valence-corrected chi connectivity index (χ4v) is 5.10. The molecule has 0 bridgehead atoms. The number of aliphatic hydroxyl groups is 1. The summed E-state index contributed by atoms with van der Waals surface area (Å²) in [6.07, 6.45) is -0.543. The number of phenolic OH excluding ortho intramolecular Hbond substituents is 2. The summed E-state index contributed by atoms with van der Waals surface area (Å²) < 4.78 is 0. The minimum Gasteiger partial charge on any atom is -0.507 e. The van der Waals surface area contributed by atoms with Gasteiger partial charge in [0.05, 0.1) is 22.1 Å². The first-order chi connectivity index (χ1) is 12.7. The lowest BCUT2D eigenvalue weighted by Crippen LogP contribution is -2.47. The molecule has 0 aromatic heterocycles. The second-order valence-electron chi connectivity index (χ2n) is 7.15. The van der Waals surface area contributed by atoms with Crippen LogP contribution in [-0.4, -0.2) is 32.4 Å². The Hall–Kier alpha value is -2.22. The molecular formula is C20H18BrNO5. The third kappa shape index (κ3) is 2.25. The Morgan fingerprint density at radius 1 is 1.07 bits per heavy atom. The number of carbonyl (C=O) groups is 2. The van der Waals surface area contributed by atoms with E-state index in [0.29, 0.717) is 6.42 Å². The fourth-order valence-electron chi connectivity index (χ4n) is 4.12. The molecule has 27 heavy (non-hydrogen) atoms. The van der Waals surface area contributed by atoms with Crippen LogP contribution in [0.1, 0.15) is 73.7 Å². The third-order valence-electron chi connectivity index (χ3n) is 5.72. The molecule has 0 saturated carbocycles. The maximum atomic E-state index is 13.0. The summed E-state index contributed by atoms with van der Waals surface area (Å²) in [4.78, 5) is 25.3. The van der Waals surface area contributed by atoms with Gasteiger partial charge in [0.2, 0.25) is 0 Å². The Labute approximate surface area is 163 Å². The maximum absolute atomic E-state index is 13.0. The van der Waals surface area contributed by atoms with Crippen LogP contribution in [0.4, 0.5) is 0 Å². The summed E-state index contributed by atoms with van der Waals surface area (Å²) in [5, 5.41) is 32.4. The van der Waals surface area contributed by atoms with E-state index in [1.54, 1.807) is 12.1 Å². The Kier molecular flexibility index (Phi) is 3.96. The summed E-state index contributed by atoms with van der Waals surface area (Å²) in [5.74, 6) is -2.00. The topological polar surface area (TPSA) is 121 Å². The Morgan fingerprint density at radius 2 is 1.56 bits per heavy atom. The van der Waals surface area contributed by atoms with Crippen LogP contribution in [0.5, 0.6) is 11.5 Å². The molecule has 5 N–H and O–H groups in total. The first-order valence-corrected chi connectivity index (χ1v) is 9.55. The van der Waals surface area contributed by atoms with E-state index in [9.17, 15) is 24.9 Å². The quantitative estimate of drug-likeness (QED) is 0.347. The van der Waals surface area contributed by atoms with E-state index in [0.717, 1.165) is 0 Å². The number of halogens is 1. The number of fused-ring (bicyclic) bond motifs is 3. The van der Waals surface area contributed by atoms with Gasteiger partial charge in [0.25, 0.3) is 0 Å². The molecule has 0 spiro atoms. The smallest absolute Gasteiger partial charge is 0.198 e. The second kappa shape index (κ2) is 5.89. The van der Waals surface area contributed by atoms with Crippen molar-refractivity contribution in [1.29, 1.82) is 0 Å². The van der Waals surface area contributed by atoms with E-state index in [1.807, 2.05) is 6.92 Å². The summed E-state index contributed by atoms with van der Waals surface area (Å²) >= 11 is 3.47. The van der Waals surface area contributed by atoms with E-state index in [-0.39, 0.29) is 39.8 Å². The highest BCUT2D eigenvalue weighted by atomic mass is 79.9. The zero-order valence-corrected chi connectivity index (χ0v) is 16.1. The van der Waals surface area contributed by atoms with Gasteiger partial charge in [-0.2, -0.15) is 0 Å². The van der Waals surface area contributed by atoms with Gasteiger partial charge >= 0.3 is 0 Å². The number of aliphatic hydroxyl groups excluding tert-OH is 1. The largest absolute Gasteiger partial charge is 0.507 e. The molecule has 2 aromatic rings. The van der Waals surface area contributed by atoms with Crippen molar-refractivity contribution in [2.75, 3.05) is 0 Å². The van der Waals surface area contributed by atoms with Gasteiger partial charge in [-0.25, -0.2) is 0 Å². The Balaban J connectivity index is 2.08. The van der Waals surface area contributed by atoms with Crippen molar-refractivity contribution >= 4 is 27.5 Å². The van der Waals surface area contributed by atoms with Gasteiger partial charge < -0.3 is 21.1 Å². The van der Waals surface area contributed by atoms with Crippen LogP contribution in [0, 0.1) is 0 Å². The van der Waals surface area contributed by atoms with Gasteiger partial charge in [-0.3, -0.25) is 9.59 Å². The first kappa shape index (κ1) is 18.2. The number of nitrogens with two attached hydrogens (primary N) is 1. The maximum Gasteiger partial charge on any atom is 0.198 e. The predicted molar refractivity (Wildman–Crippen MR) is 102 cm³/mol. The number of hydrogen-bond acceptors (Lipinski definition) is 6. The van der Waals surface area contributed by atoms with E-state index < -0.39 is 39.5 Å². The molecular weight excluding hydrogens is 414 g/mol. The summed E-state index contributed by atoms with van der Waals surface area (Å²) in [6.45, 7) is 1.85. The number of carbonyl (C=O) groups excluding carboxylic acids is 2. The van der Waals surface area contributed by atoms with Crippen molar-refractivity contribution in [3.05, 3.63) is 57.6 Å². The number of aromatic hydroxyl groups is 2. The van der Waals surface area contributed by atoms with E-state index in [2.05, 4.69) is 15.9 Å². The minimum atomic E-state index is -1.17. The number of hydrogen-bond donors (Lipinski definition) is 4. The highest BCUT2D eigenvalue weighted by Crippen LogP contribution is 2.56. The monoisotopic (exact) mass is 431 g/mol. The summed E-state index contributed by atoms with van der Waals surface area (Å²) in [6, 6.07) is 6.26. The normalized spacial score (nSPS) is 26.4. The number of benzene rings is 2. The molecule has 6 nitrogen and oxygen atoms in total. The number of alkyl halides is 1. The molecule has 0 aliphatic heterocycles. The van der Waals surface area contributed by atoms with Gasteiger partial charge in [0.1, 0.15) is 11.5 Å². The fraction of sp³-hybridized carbons (Fsp3) is 0.300. The molecule has 2 aliphatic rings. The van der Waals surface area contributed by atoms with Crippen LogP contribution in [0.15, 0.2) is 24.3 Å². The van der Waals surface area contributed by atoms with E-state index in [1.165, 1.54) is 12.1 Å². The lowest BCUT2D eigenvalue weighted by molar-refractivity contribution is 0.0963. The van der Waals surface area contributed by atoms with Crippen molar-refractivity contribution in [2.45, 2.75) is 36.2 Å². The molecule has 2 aromatic carbocycles. The van der Waals surface area contributed by atoms with Crippen LogP contribution < -0.4 is 5.73 Å². The van der Waals surface area contributed by atoms with Crippen LogP contribution in [0.3, 0.4) is 0 Å². The highest BCUT2D eigenvalue weighted by molar-refractivity contribution is 9.09. The van der Waals surface area contributed by atoms with E-state index in [4.69, 9.17) is 5.73 Å². The number of rotatable bonds is 1. The van der Waals surface area contributed by atoms with Gasteiger partial charge in [0, 0.05) is 27.8 Å². The molecule has 7 heteroatoms. The first-order valence-electron chi connectivity index (χ1n) is 8.64. The van der Waals surface area contributed by atoms with Gasteiger partial charge in [0.15, 0.2) is 11.6 Å². The van der Waals surface area contributed by atoms with Crippen LogP contribution >= 0.6 is 15.9 Å². The molecule has 2 aliphatic carbocycles. The highest BCUT2D eigenvalue weighted by Gasteiger charge is 2.48. The van der Waals surface area contributed by atoms with Crippen molar-refractivity contribution in [3.8, 4) is 11.5 Å². The number of phenols is 2. The molecule has 3 atom stereocenters. The number of ketones is 2. The molecule has 4 rings (SSSR count). The standard InChI is InChI=1S/C20H18BrNO5/c1-2-20(22)7-10(23)11-14(19(20)21)18(27)13-12(17(11)26)15(24)8-5-3-4-6-9(8)16(13)25/h3-6,10,19,23,26-27H,2,7,22H2,1H3/t10-,19-,20-/m0/s1. The molecule has 0 heterocycles. The van der Waals surface area contributed by atoms with Crippen molar-refractivity contribution < 1.29 is 24.9 Å². The molecule has 0 saturated heterocycles. The van der Waals surface area contributed by atoms with Gasteiger partial charge in [-0.1, -0.05) is 47.1 Å². The zero-order valence-electron chi connectivity index (χ0n) is 14.5. The van der Waals surface area contributed by atoms with Crippen LogP contribution in [0.2, 0.25) is 0 Å². The molecule has 0 fully saturated rings. The lowest BCUT2D eigenvalue weighted by atomic mass is 9.71. The Morgan fingerprint density at radius 3 is 2.04 bits per heavy atom. The van der Waals surface area contributed by atoms with Gasteiger partial charge in [-0.05, 0) is 12.8 Å². The SMILES string of the molecule is CC[C@]1(N)C[C@H](O)c2c(O)c3c(c(O)c2[C@@H]1Br)C(=O)c1ccccc1C3=O. The van der Waals surface area contributed by atoms with Crippen molar-refractivity contribution in [1.82, 2.24) is 0 Å². The molecule has 0 unspecified atom stereocenters. The van der Waals surface area contributed by atoms with Gasteiger partial charge in [-0.15, -0.1) is 0 Å². The lowest BCUT2D eigenvalue weighted by Gasteiger charge is -2.42. The third-order valence-corrected chi connectivity index (χ3v) is 7.09. The van der Waals surface area contributed by atoms with E-state index >= 15 is 0 Å². The average molecular weight is 432 g/mol. The Bertz CT molecular complexity index is 1020. The minimum absolute atomic E-state index is 0.0446. The average Bonchev–Trinajstić information content (AvgIpc) is 2.65. The van der Waals surface area contributed by atoms with Crippen molar-refractivity contribution in [2.24, 2.45) is 5.73 Å². The summed E-state index contributed by atoms with van der Waals surface area (Å²) in [5.41, 5.74) is 5.53.